The van der Waals surface area contributed by atoms with E-state index in [1.54, 1.807) is 0 Å². The predicted molar refractivity (Wildman–Crippen MR) is 50.2 cm³/mol. The number of alkyl halides is 4. The number of aromatic nitrogens is 1. The van der Waals surface area contributed by atoms with Crippen LogP contribution in [0.5, 0.6) is 0 Å². The number of nitrogens with zero attached hydrogens (tertiary/aromatic N) is 1. The number of hydrogen-bond donors (Lipinski definition) is 1. The van der Waals surface area contributed by atoms with Crippen LogP contribution in [-0.2, 0) is 0 Å². The standard InChI is InChI=1S/C7H6ClF3N2S/c8-6(9)7(10,11)14-4-1-2-5(12)13-3-4/h1-3,6H,(H2,12,13)/t6-/m1/s1. The lowest BCUT2D eigenvalue weighted by Gasteiger charge is -2.14. The van der Waals surface area contributed by atoms with Crippen molar-refractivity contribution in [1.29, 1.82) is 0 Å². The predicted octanol–water partition coefficient (Wildman–Crippen LogP) is 2.88. The smallest absolute Gasteiger partial charge is 0.342 e. The van der Waals surface area contributed by atoms with E-state index in [-0.39, 0.29) is 22.5 Å². The van der Waals surface area contributed by atoms with E-state index in [1.165, 1.54) is 12.1 Å². The summed E-state index contributed by atoms with van der Waals surface area (Å²) >= 11 is 4.67. The zero-order chi connectivity index (χ0) is 10.8. The summed E-state index contributed by atoms with van der Waals surface area (Å²) in [5.41, 5.74) is 2.51. The van der Waals surface area contributed by atoms with Gasteiger partial charge in [-0.1, -0.05) is 11.6 Å². The van der Waals surface area contributed by atoms with Gasteiger partial charge in [0.1, 0.15) is 5.82 Å². The summed E-state index contributed by atoms with van der Waals surface area (Å²) in [5.74, 6) is 0.209. The lowest BCUT2D eigenvalue weighted by atomic mass is 10.5. The summed E-state index contributed by atoms with van der Waals surface area (Å²) in [4.78, 5) is 3.68. The van der Waals surface area contributed by atoms with Crippen LogP contribution in [0.15, 0.2) is 23.2 Å². The SMILES string of the molecule is Nc1ccc(SC(F)(F)[C@@H](F)Cl)cn1. The minimum Gasteiger partial charge on any atom is -0.384 e. The Labute approximate surface area is 87.6 Å². The molecule has 0 aromatic carbocycles. The Morgan fingerprint density at radius 3 is 2.57 bits per heavy atom. The van der Waals surface area contributed by atoms with E-state index in [9.17, 15) is 13.2 Å². The van der Waals surface area contributed by atoms with Gasteiger partial charge < -0.3 is 5.73 Å². The number of anilines is 1. The van der Waals surface area contributed by atoms with Crippen LogP contribution in [0.4, 0.5) is 19.0 Å². The highest BCUT2D eigenvalue weighted by atomic mass is 35.5. The molecule has 0 unspecified atom stereocenters. The van der Waals surface area contributed by atoms with Crippen LogP contribution in [0.25, 0.3) is 0 Å². The summed E-state index contributed by atoms with van der Waals surface area (Å²) in [6, 6.07) is 2.67. The molecule has 0 saturated heterocycles. The molecule has 0 aliphatic heterocycles. The third-order valence-electron chi connectivity index (χ3n) is 1.27. The number of pyridine rings is 1. The summed E-state index contributed by atoms with van der Waals surface area (Å²) in [6.07, 6.45) is 1.13. The largest absolute Gasteiger partial charge is 0.384 e. The van der Waals surface area contributed by atoms with Gasteiger partial charge in [0.15, 0.2) is 0 Å². The van der Waals surface area contributed by atoms with Crippen molar-refractivity contribution in [2.75, 3.05) is 5.73 Å². The van der Waals surface area contributed by atoms with E-state index in [0.717, 1.165) is 6.20 Å². The lowest BCUT2D eigenvalue weighted by Crippen LogP contribution is -2.20. The van der Waals surface area contributed by atoms with Crippen LogP contribution in [0.3, 0.4) is 0 Å². The third-order valence-corrected chi connectivity index (χ3v) is 2.63. The van der Waals surface area contributed by atoms with Gasteiger partial charge in [-0.15, -0.1) is 0 Å². The Balaban J connectivity index is 2.74. The zero-order valence-electron chi connectivity index (χ0n) is 6.75. The van der Waals surface area contributed by atoms with Gasteiger partial charge in [-0.3, -0.25) is 0 Å². The molecule has 1 atom stereocenters. The van der Waals surface area contributed by atoms with Crippen molar-refractivity contribution in [2.45, 2.75) is 15.8 Å². The van der Waals surface area contributed by atoms with Crippen LogP contribution >= 0.6 is 23.4 Å². The van der Waals surface area contributed by atoms with E-state index in [4.69, 9.17) is 5.73 Å². The fraction of sp³-hybridized carbons (Fsp3) is 0.286. The van der Waals surface area contributed by atoms with Crippen molar-refractivity contribution in [1.82, 2.24) is 4.98 Å². The molecule has 0 aliphatic rings. The molecule has 0 bridgehead atoms. The van der Waals surface area contributed by atoms with E-state index in [1.807, 2.05) is 0 Å². The van der Waals surface area contributed by atoms with Gasteiger partial charge >= 0.3 is 5.25 Å². The second kappa shape index (κ2) is 4.27. The Hall–Kier alpha value is -0.620. The maximum absolute atomic E-state index is 12.7. The first-order valence-electron chi connectivity index (χ1n) is 3.48. The number of hydrogen-bond acceptors (Lipinski definition) is 3. The molecule has 0 saturated carbocycles. The van der Waals surface area contributed by atoms with Gasteiger partial charge in [0.25, 0.3) is 0 Å². The summed E-state index contributed by atoms with van der Waals surface area (Å²) in [5, 5.41) is -3.67. The average molecular weight is 243 g/mol. The molecule has 2 nitrogen and oxygen atoms in total. The Morgan fingerprint density at radius 2 is 2.14 bits per heavy atom. The Morgan fingerprint density at radius 1 is 1.50 bits per heavy atom. The molecule has 0 spiro atoms. The van der Waals surface area contributed by atoms with Crippen molar-refractivity contribution in [2.24, 2.45) is 0 Å². The number of thioether (sulfide) groups is 1. The van der Waals surface area contributed by atoms with E-state index < -0.39 is 10.9 Å². The molecule has 1 heterocycles. The fourth-order valence-corrected chi connectivity index (χ4v) is 1.43. The molecule has 1 aromatic rings. The maximum atomic E-state index is 12.7. The lowest BCUT2D eigenvalue weighted by molar-refractivity contribution is 0.0537. The number of rotatable bonds is 3. The van der Waals surface area contributed by atoms with Gasteiger partial charge in [-0.2, -0.15) is 8.78 Å². The second-order valence-electron chi connectivity index (χ2n) is 2.38. The number of nitrogens with two attached hydrogens (primary N) is 1. The maximum Gasteiger partial charge on any atom is 0.342 e. The average Bonchev–Trinajstić information content (AvgIpc) is 2.08. The summed E-state index contributed by atoms with van der Waals surface area (Å²) in [7, 11) is 0. The van der Waals surface area contributed by atoms with Crippen molar-refractivity contribution in [3.63, 3.8) is 0 Å². The molecule has 0 amide bonds. The van der Waals surface area contributed by atoms with Gasteiger partial charge in [-0.25, -0.2) is 9.37 Å². The topological polar surface area (TPSA) is 38.9 Å². The van der Waals surface area contributed by atoms with Crippen molar-refractivity contribution in [3.05, 3.63) is 18.3 Å². The van der Waals surface area contributed by atoms with E-state index in [2.05, 4.69) is 16.6 Å². The highest BCUT2D eigenvalue weighted by Crippen LogP contribution is 2.40. The third kappa shape index (κ3) is 2.95. The van der Waals surface area contributed by atoms with Crippen LogP contribution in [-0.4, -0.2) is 15.9 Å². The van der Waals surface area contributed by atoms with Crippen LogP contribution in [0.1, 0.15) is 0 Å². The second-order valence-corrected chi connectivity index (χ2v) is 3.99. The monoisotopic (exact) mass is 242 g/mol. The van der Waals surface area contributed by atoms with Crippen LogP contribution in [0.2, 0.25) is 0 Å². The minimum absolute atomic E-state index is 0.00435. The molecule has 1 rings (SSSR count). The Kier molecular flexibility index (Phi) is 3.49. The molecule has 7 heteroatoms. The number of halogens is 4. The molecular weight excluding hydrogens is 237 g/mol. The quantitative estimate of drug-likeness (QED) is 0.654. The molecule has 1 aromatic heterocycles. The first-order chi connectivity index (χ1) is 6.42. The molecule has 0 radical (unpaired) electrons. The first-order valence-corrected chi connectivity index (χ1v) is 4.73. The van der Waals surface area contributed by atoms with Crippen LogP contribution < -0.4 is 5.73 Å². The van der Waals surface area contributed by atoms with Gasteiger partial charge in [-0.05, 0) is 23.9 Å². The van der Waals surface area contributed by atoms with Gasteiger partial charge in [0.2, 0.25) is 5.63 Å². The van der Waals surface area contributed by atoms with Crippen LogP contribution in [0, 0.1) is 0 Å². The normalized spacial score (nSPS) is 14.0. The Bertz CT molecular complexity index is 304. The van der Waals surface area contributed by atoms with E-state index >= 15 is 0 Å². The molecule has 0 fully saturated rings. The fourth-order valence-electron chi connectivity index (χ4n) is 0.654. The first kappa shape index (κ1) is 11.5. The van der Waals surface area contributed by atoms with Crippen molar-refractivity contribution in [3.8, 4) is 0 Å². The molecule has 78 valence electrons. The molecule has 2 N–H and O–H groups in total. The minimum atomic E-state index is -3.67. The van der Waals surface area contributed by atoms with E-state index in [0.29, 0.717) is 0 Å². The summed E-state index contributed by atoms with van der Waals surface area (Å²) in [6.45, 7) is 0. The van der Waals surface area contributed by atoms with Gasteiger partial charge in [0.05, 0.1) is 0 Å². The summed E-state index contributed by atoms with van der Waals surface area (Å²) < 4.78 is 37.7. The molecular formula is C7H6ClF3N2S. The highest BCUT2D eigenvalue weighted by Gasteiger charge is 2.40. The van der Waals surface area contributed by atoms with Gasteiger partial charge in [0, 0.05) is 11.1 Å². The molecule has 0 aliphatic carbocycles. The number of nitrogen functional groups attached to an aromatic ring is 1. The highest BCUT2D eigenvalue weighted by molar-refractivity contribution is 8.00. The molecule has 14 heavy (non-hydrogen) atoms. The zero-order valence-corrected chi connectivity index (χ0v) is 8.33. The van der Waals surface area contributed by atoms with Crippen molar-refractivity contribution < 1.29 is 13.2 Å². The van der Waals surface area contributed by atoms with Crippen molar-refractivity contribution >= 4 is 29.2 Å².